The fourth-order valence-corrected chi connectivity index (χ4v) is 2.69. The van der Waals surface area contributed by atoms with Crippen molar-refractivity contribution >= 4 is 5.96 Å². The summed E-state index contributed by atoms with van der Waals surface area (Å²) in [7, 11) is 0. The molecule has 8 heteroatoms. The Labute approximate surface area is 169 Å². The van der Waals surface area contributed by atoms with Gasteiger partial charge in [-0.25, -0.2) is 4.99 Å². The number of benzene rings is 1. The molecular formula is C21H27F3N4O. The average Bonchev–Trinajstić information content (AvgIpc) is 2.66. The van der Waals surface area contributed by atoms with Gasteiger partial charge in [-0.1, -0.05) is 12.1 Å². The maximum atomic E-state index is 12.5. The second-order valence-corrected chi connectivity index (χ2v) is 6.69. The third-order valence-electron chi connectivity index (χ3n) is 4.19. The van der Waals surface area contributed by atoms with Gasteiger partial charge in [0.25, 0.3) is 0 Å². The van der Waals surface area contributed by atoms with Gasteiger partial charge in [-0.05, 0) is 56.0 Å². The molecule has 158 valence electrons. The SMILES string of the molecule is CCNC(=NCc1ccc(C)cc1OCC(F)(F)F)NCCc1ccncc1C. The van der Waals surface area contributed by atoms with E-state index >= 15 is 0 Å². The normalized spacial score (nSPS) is 12.0. The average molecular weight is 408 g/mol. The summed E-state index contributed by atoms with van der Waals surface area (Å²) in [4.78, 5) is 8.58. The van der Waals surface area contributed by atoms with Crippen LogP contribution in [0.25, 0.3) is 0 Å². The Hall–Kier alpha value is -2.77. The van der Waals surface area contributed by atoms with Gasteiger partial charge in [0.2, 0.25) is 0 Å². The van der Waals surface area contributed by atoms with E-state index in [0.29, 0.717) is 24.6 Å². The molecule has 0 atom stereocenters. The molecule has 0 amide bonds. The largest absolute Gasteiger partial charge is 0.484 e. The minimum Gasteiger partial charge on any atom is -0.484 e. The van der Waals surface area contributed by atoms with Crippen molar-refractivity contribution in [2.75, 3.05) is 19.7 Å². The summed E-state index contributed by atoms with van der Waals surface area (Å²) in [6.07, 6.45) is 0.0189. The van der Waals surface area contributed by atoms with E-state index in [9.17, 15) is 13.2 Å². The van der Waals surface area contributed by atoms with Gasteiger partial charge in [-0.3, -0.25) is 4.98 Å². The van der Waals surface area contributed by atoms with Crippen molar-refractivity contribution in [1.29, 1.82) is 0 Å². The molecule has 0 radical (unpaired) electrons. The maximum Gasteiger partial charge on any atom is 0.422 e. The van der Waals surface area contributed by atoms with E-state index in [4.69, 9.17) is 4.74 Å². The van der Waals surface area contributed by atoms with Crippen LogP contribution < -0.4 is 15.4 Å². The summed E-state index contributed by atoms with van der Waals surface area (Å²) >= 11 is 0. The fourth-order valence-electron chi connectivity index (χ4n) is 2.69. The van der Waals surface area contributed by atoms with Crippen molar-refractivity contribution in [3.05, 3.63) is 58.9 Å². The first kappa shape index (κ1) is 22.5. The zero-order valence-electron chi connectivity index (χ0n) is 16.9. The Morgan fingerprint density at radius 3 is 2.62 bits per heavy atom. The van der Waals surface area contributed by atoms with E-state index in [1.807, 2.05) is 32.2 Å². The lowest BCUT2D eigenvalue weighted by Gasteiger charge is -2.15. The van der Waals surface area contributed by atoms with Crippen LogP contribution in [0.1, 0.15) is 29.2 Å². The van der Waals surface area contributed by atoms with E-state index in [2.05, 4.69) is 20.6 Å². The molecule has 1 heterocycles. The first-order valence-corrected chi connectivity index (χ1v) is 9.49. The highest BCUT2D eigenvalue weighted by molar-refractivity contribution is 5.79. The highest BCUT2D eigenvalue weighted by Gasteiger charge is 2.28. The summed E-state index contributed by atoms with van der Waals surface area (Å²) in [6.45, 7) is 6.00. The molecule has 0 aliphatic heterocycles. The minimum absolute atomic E-state index is 0.203. The number of pyridine rings is 1. The number of guanidine groups is 1. The molecule has 0 unspecified atom stereocenters. The molecule has 5 nitrogen and oxygen atoms in total. The number of nitrogens with zero attached hydrogens (tertiary/aromatic N) is 2. The van der Waals surface area contributed by atoms with Gasteiger partial charge in [0, 0.05) is 31.0 Å². The fraction of sp³-hybridized carbons (Fsp3) is 0.429. The topological polar surface area (TPSA) is 58.5 Å². The molecule has 1 aromatic carbocycles. The number of hydrogen-bond acceptors (Lipinski definition) is 3. The number of rotatable bonds is 8. The molecule has 1 aromatic heterocycles. The Bertz CT molecular complexity index is 822. The molecule has 2 rings (SSSR count). The van der Waals surface area contributed by atoms with E-state index < -0.39 is 12.8 Å². The Morgan fingerprint density at radius 1 is 1.14 bits per heavy atom. The van der Waals surface area contributed by atoms with Gasteiger partial charge in [0.15, 0.2) is 12.6 Å². The summed E-state index contributed by atoms with van der Waals surface area (Å²) in [5, 5.41) is 6.40. The molecular weight excluding hydrogens is 381 g/mol. The summed E-state index contributed by atoms with van der Waals surface area (Å²) in [5.74, 6) is 0.802. The second kappa shape index (κ2) is 10.7. The van der Waals surface area contributed by atoms with E-state index in [0.717, 1.165) is 17.5 Å². The van der Waals surface area contributed by atoms with Crippen molar-refractivity contribution in [1.82, 2.24) is 15.6 Å². The molecule has 0 saturated carbocycles. The molecule has 0 saturated heterocycles. The second-order valence-electron chi connectivity index (χ2n) is 6.69. The minimum atomic E-state index is -4.38. The highest BCUT2D eigenvalue weighted by atomic mass is 19.4. The van der Waals surface area contributed by atoms with Crippen molar-refractivity contribution in [2.45, 2.75) is 39.9 Å². The summed E-state index contributed by atoms with van der Waals surface area (Å²) in [5.41, 5.74) is 3.75. The van der Waals surface area contributed by atoms with Gasteiger partial charge < -0.3 is 15.4 Å². The number of ether oxygens (including phenoxy) is 1. The molecule has 0 aliphatic carbocycles. The maximum absolute atomic E-state index is 12.5. The first-order chi connectivity index (χ1) is 13.8. The first-order valence-electron chi connectivity index (χ1n) is 9.49. The number of halogens is 3. The van der Waals surface area contributed by atoms with E-state index in [-0.39, 0.29) is 12.3 Å². The van der Waals surface area contributed by atoms with Crippen molar-refractivity contribution in [2.24, 2.45) is 4.99 Å². The van der Waals surface area contributed by atoms with Gasteiger partial charge in [0.1, 0.15) is 5.75 Å². The standard InChI is InChI=1S/C21H27F3N4O/c1-4-26-20(27-10-8-17-7-9-25-12-16(17)3)28-13-18-6-5-15(2)11-19(18)29-14-21(22,23)24/h5-7,9,11-12H,4,8,10,13-14H2,1-3H3,(H2,26,27,28). The molecule has 29 heavy (non-hydrogen) atoms. The molecule has 2 aromatic rings. The lowest BCUT2D eigenvalue weighted by Crippen LogP contribution is -2.38. The molecule has 0 fully saturated rings. The number of nitrogens with one attached hydrogen (secondary N) is 2. The predicted octanol–water partition coefficient (Wildman–Crippen LogP) is 3.94. The Morgan fingerprint density at radius 2 is 1.93 bits per heavy atom. The lowest BCUT2D eigenvalue weighted by molar-refractivity contribution is -0.153. The van der Waals surface area contributed by atoms with Crippen LogP contribution in [0.15, 0.2) is 41.7 Å². The van der Waals surface area contributed by atoms with Crippen molar-refractivity contribution < 1.29 is 17.9 Å². The van der Waals surface area contributed by atoms with Crippen LogP contribution in [-0.2, 0) is 13.0 Å². The van der Waals surface area contributed by atoms with Crippen LogP contribution >= 0.6 is 0 Å². The number of aryl methyl sites for hydroxylation is 2. The molecule has 2 N–H and O–H groups in total. The molecule has 0 spiro atoms. The van der Waals surface area contributed by atoms with Gasteiger partial charge in [-0.2, -0.15) is 13.2 Å². The summed E-state index contributed by atoms with van der Waals surface area (Å²) < 4.78 is 42.5. The number of hydrogen-bond donors (Lipinski definition) is 2. The monoisotopic (exact) mass is 408 g/mol. The molecule has 0 bridgehead atoms. The van der Waals surface area contributed by atoms with Crippen LogP contribution in [-0.4, -0.2) is 36.8 Å². The van der Waals surface area contributed by atoms with Crippen LogP contribution in [0.3, 0.4) is 0 Å². The van der Waals surface area contributed by atoms with Crippen LogP contribution in [0.2, 0.25) is 0 Å². The van der Waals surface area contributed by atoms with Crippen LogP contribution in [0, 0.1) is 13.8 Å². The lowest BCUT2D eigenvalue weighted by atomic mass is 10.1. The predicted molar refractivity (Wildman–Crippen MR) is 108 cm³/mol. The quantitative estimate of drug-likeness (QED) is 0.513. The van der Waals surface area contributed by atoms with Crippen LogP contribution in [0.4, 0.5) is 13.2 Å². The third kappa shape index (κ3) is 8.01. The van der Waals surface area contributed by atoms with Crippen LogP contribution in [0.5, 0.6) is 5.75 Å². The number of aromatic nitrogens is 1. The van der Waals surface area contributed by atoms with E-state index in [1.165, 1.54) is 5.56 Å². The number of aliphatic imine (C=N–C) groups is 1. The van der Waals surface area contributed by atoms with Gasteiger partial charge in [-0.15, -0.1) is 0 Å². The Balaban J connectivity index is 2.02. The highest BCUT2D eigenvalue weighted by Crippen LogP contribution is 2.24. The third-order valence-corrected chi connectivity index (χ3v) is 4.19. The smallest absolute Gasteiger partial charge is 0.422 e. The Kier molecular flexibility index (Phi) is 8.30. The number of alkyl halides is 3. The van der Waals surface area contributed by atoms with Crippen molar-refractivity contribution in [3.63, 3.8) is 0 Å². The van der Waals surface area contributed by atoms with Gasteiger partial charge >= 0.3 is 6.18 Å². The summed E-state index contributed by atoms with van der Waals surface area (Å²) in [6, 6.07) is 7.16. The van der Waals surface area contributed by atoms with Crippen molar-refractivity contribution in [3.8, 4) is 5.75 Å². The zero-order valence-corrected chi connectivity index (χ0v) is 16.9. The zero-order chi connectivity index (χ0) is 21.3. The molecule has 0 aliphatic rings. The van der Waals surface area contributed by atoms with E-state index in [1.54, 1.807) is 25.3 Å². The van der Waals surface area contributed by atoms with Gasteiger partial charge in [0.05, 0.1) is 6.54 Å².